The quantitative estimate of drug-likeness (QED) is 0.422. The first-order chi connectivity index (χ1) is 16.6. The molecule has 3 aromatic rings. The van der Waals surface area contributed by atoms with Crippen LogP contribution < -0.4 is 20.0 Å². The molecule has 0 aliphatic carbocycles. The molecule has 2 saturated heterocycles. The number of hydrogen-bond acceptors (Lipinski definition) is 8. The molecule has 9 heteroatoms. The normalized spacial score (nSPS) is 16.1. The zero-order valence-corrected chi connectivity index (χ0v) is 20.2. The largest absolute Gasteiger partial charge is 0.497 e. The van der Waals surface area contributed by atoms with Gasteiger partial charge in [-0.1, -0.05) is 0 Å². The number of benzene rings is 1. The molecule has 0 unspecified atom stereocenters. The lowest BCUT2D eigenvalue weighted by Crippen LogP contribution is -2.25. The second-order valence-electron chi connectivity index (χ2n) is 8.88. The Hall–Kier alpha value is -3.62. The van der Waals surface area contributed by atoms with Gasteiger partial charge in [0.05, 0.1) is 13.3 Å². The summed E-state index contributed by atoms with van der Waals surface area (Å²) in [5.74, 6) is 2.81. The molecule has 9 nitrogen and oxygen atoms in total. The Morgan fingerprint density at radius 2 is 1.47 bits per heavy atom. The van der Waals surface area contributed by atoms with Crippen molar-refractivity contribution >= 4 is 24.1 Å². The maximum atomic E-state index is 5.29. The van der Waals surface area contributed by atoms with E-state index in [1.165, 1.54) is 25.7 Å². The Bertz CT molecular complexity index is 1120. The van der Waals surface area contributed by atoms with Gasteiger partial charge >= 0.3 is 0 Å². The first kappa shape index (κ1) is 22.2. The molecule has 0 amide bonds. The summed E-state index contributed by atoms with van der Waals surface area (Å²) >= 11 is 0. The van der Waals surface area contributed by atoms with Crippen LogP contribution in [0.15, 0.2) is 35.4 Å². The minimum Gasteiger partial charge on any atom is -0.497 e. The van der Waals surface area contributed by atoms with Crippen molar-refractivity contribution in [3.05, 3.63) is 47.3 Å². The molecule has 2 fully saturated rings. The highest BCUT2D eigenvalue weighted by Gasteiger charge is 2.21. The average Bonchev–Trinajstić information content (AvgIpc) is 3.62. The predicted octanol–water partition coefficient (Wildman–Crippen LogP) is 3.93. The number of aryl methyl sites for hydroxylation is 1. The standard InChI is InChI=1S/C25H32N8O/c1-18-16-20(19(2)33(18)21-8-10-22(34-3)11-9-21)17-26-30-23-27-24(31-12-4-5-13-31)29-25(28-23)32-14-6-7-15-32/h8-11,16-17H,4-7,12-15H2,1-3H3,(H,27,28,29,30). The molecule has 0 bridgehead atoms. The SMILES string of the molecule is COc1ccc(-n2c(C)cc(C=NNc3nc(N4CCCC4)nc(N4CCCC4)n3)c2C)cc1. The van der Waals surface area contributed by atoms with Crippen molar-refractivity contribution in [3.63, 3.8) is 0 Å². The molecule has 0 atom stereocenters. The Labute approximate surface area is 200 Å². The van der Waals surface area contributed by atoms with Crippen LogP contribution in [0, 0.1) is 13.8 Å². The Kier molecular flexibility index (Phi) is 6.33. The lowest BCUT2D eigenvalue weighted by atomic mass is 10.2. The molecule has 178 valence electrons. The van der Waals surface area contributed by atoms with Crippen molar-refractivity contribution in [2.45, 2.75) is 39.5 Å². The molecule has 2 aliphatic rings. The summed E-state index contributed by atoms with van der Waals surface area (Å²) in [5.41, 5.74) is 7.43. The topological polar surface area (TPSA) is 83.7 Å². The van der Waals surface area contributed by atoms with Gasteiger partial charge in [-0.3, -0.25) is 0 Å². The molecule has 2 aliphatic heterocycles. The summed E-state index contributed by atoms with van der Waals surface area (Å²) in [6, 6.07) is 10.2. The zero-order valence-electron chi connectivity index (χ0n) is 20.2. The van der Waals surface area contributed by atoms with E-state index in [1.54, 1.807) is 7.11 Å². The van der Waals surface area contributed by atoms with Crippen LogP contribution in [0.4, 0.5) is 17.8 Å². The third-order valence-electron chi connectivity index (χ3n) is 6.56. The van der Waals surface area contributed by atoms with Gasteiger partial charge in [0.2, 0.25) is 17.8 Å². The van der Waals surface area contributed by atoms with E-state index in [1.807, 2.05) is 18.3 Å². The third-order valence-corrected chi connectivity index (χ3v) is 6.56. The second kappa shape index (κ2) is 9.70. The Morgan fingerprint density at radius 1 is 0.882 bits per heavy atom. The fourth-order valence-electron chi connectivity index (χ4n) is 4.73. The summed E-state index contributed by atoms with van der Waals surface area (Å²) in [6.07, 6.45) is 6.53. The van der Waals surface area contributed by atoms with Crippen molar-refractivity contribution in [2.75, 3.05) is 48.5 Å². The fourth-order valence-corrected chi connectivity index (χ4v) is 4.73. The third kappa shape index (κ3) is 4.55. The first-order valence-corrected chi connectivity index (χ1v) is 12.0. The van der Waals surface area contributed by atoms with Gasteiger partial charge in [-0.2, -0.15) is 20.1 Å². The van der Waals surface area contributed by atoms with Crippen LogP contribution in [-0.2, 0) is 0 Å². The van der Waals surface area contributed by atoms with Gasteiger partial charge in [0.25, 0.3) is 0 Å². The smallest absolute Gasteiger partial charge is 0.250 e. The Balaban J connectivity index is 1.37. The Morgan fingerprint density at radius 3 is 2.03 bits per heavy atom. The molecule has 2 aromatic heterocycles. The minimum absolute atomic E-state index is 0.485. The van der Waals surface area contributed by atoms with Gasteiger partial charge < -0.3 is 19.1 Å². The van der Waals surface area contributed by atoms with E-state index < -0.39 is 0 Å². The van der Waals surface area contributed by atoms with E-state index in [-0.39, 0.29) is 0 Å². The summed E-state index contributed by atoms with van der Waals surface area (Å²) in [7, 11) is 1.68. The zero-order chi connectivity index (χ0) is 23.5. The minimum atomic E-state index is 0.485. The van der Waals surface area contributed by atoms with Crippen LogP contribution in [0.3, 0.4) is 0 Å². The van der Waals surface area contributed by atoms with Crippen molar-refractivity contribution in [2.24, 2.45) is 5.10 Å². The average molecular weight is 461 g/mol. The van der Waals surface area contributed by atoms with E-state index in [0.29, 0.717) is 5.95 Å². The number of nitrogens with zero attached hydrogens (tertiary/aromatic N) is 7. The van der Waals surface area contributed by atoms with Crippen molar-refractivity contribution in [1.29, 1.82) is 0 Å². The molecule has 0 spiro atoms. The molecule has 0 saturated carbocycles. The van der Waals surface area contributed by atoms with Gasteiger partial charge in [0.15, 0.2) is 0 Å². The molecule has 5 rings (SSSR count). The van der Waals surface area contributed by atoms with E-state index >= 15 is 0 Å². The van der Waals surface area contributed by atoms with Crippen LogP contribution in [-0.4, -0.2) is 59.0 Å². The van der Waals surface area contributed by atoms with Crippen molar-refractivity contribution in [3.8, 4) is 11.4 Å². The molecule has 0 radical (unpaired) electrons. The molecule has 1 N–H and O–H groups in total. The lowest BCUT2D eigenvalue weighted by molar-refractivity contribution is 0.414. The summed E-state index contributed by atoms with van der Waals surface area (Å²) in [4.78, 5) is 18.6. The molecular formula is C25H32N8O. The first-order valence-electron chi connectivity index (χ1n) is 12.0. The fraction of sp³-hybridized carbons (Fsp3) is 0.440. The van der Waals surface area contributed by atoms with Crippen LogP contribution in [0.2, 0.25) is 0 Å². The number of rotatable bonds is 7. The van der Waals surface area contributed by atoms with E-state index in [0.717, 1.165) is 66.5 Å². The van der Waals surface area contributed by atoms with Crippen LogP contribution in [0.25, 0.3) is 5.69 Å². The van der Waals surface area contributed by atoms with E-state index in [2.05, 4.69) is 66.9 Å². The van der Waals surface area contributed by atoms with Gasteiger partial charge in [0, 0.05) is 48.8 Å². The number of hydrazone groups is 1. The van der Waals surface area contributed by atoms with Gasteiger partial charge in [-0.15, -0.1) is 0 Å². The van der Waals surface area contributed by atoms with Crippen molar-refractivity contribution in [1.82, 2.24) is 19.5 Å². The second-order valence-corrected chi connectivity index (χ2v) is 8.88. The summed E-state index contributed by atoms with van der Waals surface area (Å²) in [5, 5.41) is 4.49. The van der Waals surface area contributed by atoms with Gasteiger partial charge in [-0.25, -0.2) is 5.43 Å². The van der Waals surface area contributed by atoms with Gasteiger partial charge in [0.1, 0.15) is 5.75 Å². The highest BCUT2D eigenvalue weighted by molar-refractivity contribution is 5.82. The monoisotopic (exact) mass is 460 g/mol. The van der Waals surface area contributed by atoms with E-state index in [4.69, 9.17) is 9.72 Å². The summed E-state index contributed by atoms with van der Waals surface area (Å²) in [6.45, 7) is 8.15. The highest BCUT2D eigenvalue weighted by Crippen LogP contribution is 2.24. The van der Waals surface area contributed by atoms with E-state index in [9.17, 15) is 0 Å². The maximum absolute atomic E-state index is 5.29. The van der Waals surface area contributed by atoms with Gasteiger partial charge in [-0.05, 0) is 69.9 Å². The summed E-state index contributed by atoms with van der Waals surface area (Å²) < 4.78 is 7.50. The number of methoxy groups -OCH3 is 1. The van der Waals surface area contributed by atoms with Crippen LogP contribution in [0.5, 0.6) is 5.75 Å². The van der Waals surface area contributed by atoms with Crippen molar-refractivity contribution < 1.29 is 4.74 Å². The van der Waals surface area contributed by atoms with Crippen LogP contribution in [0.1, 0.15) is 42.6 Å². The molecular weight excluding hydrogens is 428 g/mol. The maximum Gasteiger partial charge on any atom is 0.250 e. The molecule has 34 heavy (non-hydrogen) atoms. The highest BCUT2D eigenvalue weighted by atomic mass is 16.5. The lowest BCUT2D eigenvalue weighted by Gasteiger charge is -2.20. The predicted molar refractivity (Wildman–Crippen MR) is 136 cm³/mol. The molecule has 4 heterocycles. The van der Waals surface area contributed by atoms with Crippen LogP contribution >= 0.6 is 0 Å². The number of anilines is 3. The number of aromatic nitrogens is 4. The number of nitrogens with one attached hydrogen (secondary N) is 1. The number of hydrogen-bond donors (Lipinski definition) is 1. The number of ether oxygens (including phenoxy) is 1. The molecule has 1 aromatic carbocycles.